The second kappa shape index (κ2) is 11.0. The van der Waals surface area contributed by atoms with E-state index in [9.17, 15) is 19.1 Å². The van der Waals surface area contributed by atoms with Gasteiger partial charge in [-0.25, -0.2) is 9.18 Å². The largest absolute Gasteiger partial charge is 0.494 e. The number of benzene rings is 2. The van der Waals surface area contributed by atoms with Crippen LogP contribution in [0.2, 0.25) is 0 Å². The lowest BCUT2D eigenvalue weighted by atomic mass is 10.0. The highest BCUT2D eigenvalue weighted by Crippen LogP contribution is 2.34. The summed E-state index contributed by atoms with van der Waals surface area (Å²) in [5.41, 5.74) is 1.25. The summed E-state index contributed by atoms with van der Waals surface area (Å²) in [7, 11) is 1.61. The number of rotatable bonds is 8. The van der Waals surface area contributed by atoms with Crippen LogP contribution in [-0.4, -0.2) is 58.7 Å². The predicted octanol–water partition coefficient (Wildman–Crippen LogP) is 3.52. The molecule has 1 aliphatic heterocycles. The number of hydrogen-bond acceptors (Lipinski definition) is 6. The van der Waals surface area contributed by atoms with Crippen LogP contribution >= 0.6 is 0 Å². The lowest BCUT2D eigenvalue weighted by molar-refractivity contribution is -0.120. The van der Waals surface area contributed by atoms with Crippen LogP contribution in [-0.2, 0) is 11.2 Å². The molecule has 0 radical (unpaired) electrons. The van der Waals surface area contributed by atoms with E-state index in [-0.39, 0.29) is 18.3 Å². The number of hydrogen-bond donors (Lipinski definition) is 2. The van der Waals surface area contributed by atoms with Gasteiger partial charge in [0, 0.05) is 25.7 Å². The smallest absolute Gasteiger partial charge is 0.342 e. The minimum atomic E-state index is -0.933. The third kappa shape index (κ3) is 6.85. The first-order valence-electron chi connectivity index (χ1n) is 12.1. The standard InChI is InChI=1S/C27H31FN4O5/c1-27(2,35)10-5-11-36-21-8-9-24-23(14-21)31(3)25(33)22(17-37-24)30-26(34)32-16-19(15-29-32)12-18-6-4-7-20(28)13-18/h4,6-9,13-16,22,35H,5,10-12,17H2,1-3H3,(H,30,34)/t22-/m0/s1. The molecule has 1 aromatic heterocycles. The van der Waals surface area contributed by atoms with Gasteiger partial charge in [-0.05, 0) is 62.1 Å². The fourth-order valence-corrected chi connectivity index (χ4v) is 4.03. The van der Waals surface area contributed by atoms with Gasteiger partial charge in [0.25, 0.3) is 5.91 Å². The van der Waals surface area contributed by atoms with Crippen LogP contribution in [0.1, 0.15) is 37.8 Å². The number of likely N-dealkylation sites (N-methyl/N-ethyl adjacent to an activating group) is 1. The zero-order chi connectivity index (χ0) is 26.6. The molecule has 0 spiro atoms. The van der Waals surface area contributed by atoms with E-state index in [0.717, 1.165) is 15.8 Å². The Labute approximate surface area is 214 Å². The zero-order valence-corrected chi connectivity index (χ0v) is 21.1. The summed E-state index contributed by atoms with van der Waals surface area (Å²) < 4.78 is 26.2. The number of nitrogens with one attached hydrogen (secondary N) is 1. The molecule has 1 atom stereocenters. The molecule has 0 saturated carbocycles. The average molecular weight is 511 g/mol. The first-order chi connectivity index (χ1) is 17.6. The number of aliphatic hydroxyl groups is 1. The van der Waals surface area contributed by atoms with Crippen LogP contribution in [0.4, 0.5) is 14.9 Å². The monoisotopic (exact) mass is 510 g/mol. The highest BCUT2D eigenvalue weighted by atomic mass is 19.1. The number of ether oxygens (including phenoxy) is 2. The van der Waals surface area contributed by atoms with E-state index < -0.39 is 17.7 Å². The summed E-state index contributed by atoms with van der Waals surface area (Å²) in [5, 5.41) is 16.6. The summed E-state index contributed by atoms with van der Waals surface area (Å²) in [5.74, 6) is 0.387. The van der Waals surface area contributed by atoms with Crippen molar-refractivity contribution in [2.24, 2.45) is 0 Å². The Morgan fingerprint density at radius 2 is 2.08 bits per heavy atom. The number of fused-ring (bicyclic) bond motifs is 1. The molecular weight excluding hydrogens is 479 g/mol. The molecule has 0 unspecified atom stereocenters. The van der Waals surface area contributed by atoms with Crippen LogP contribution in [0, 0.1) is 5.82 Å². The van der Waals surface area contributed by atoms with Crippen LogP contribution < -0.4 is 19.7 Å². The van der Waals surface area contributed by atoms with E-state index in [4.69, 9.17) is 9.47 Å². The predicted molar refractivity (Wildman–Crippen MR) is 136 cm³/mol. The van der Waals surface area contributed by atoms with Crippen molar-refractivity contribution in [1.29, 1.82) is 0 Å². The molecule has 2 amide bonds. The Bertz CT molecular complexity index is 1270. The van der Waals surface area contributed by atoms with Gasteiger partial charge in [-0.1, -0.05) is 12.1 Å². The Morgan fingerprint density at radius 1 is 1.27 bits per heavy atom. The maximum absolute atomic E-state index is 13.4. The number of halogens is 1. The van der Waals surface area contributed by atoms with Gasteiger partial charge in [0.2, 0.25) is 0 Å². The molecule has 9 nitrogen and oxygen atoms in total. The second-order valence-electron chi connectivity index (χ2n) is 9.70. The number of amides is 2. The van der Waals surface area contributed by atoms with E-state index in [0.29, 0.717) is 43.1 Å². The summed E-state index contributed by atoms with van der Waals surface area (Å²) in [6.45, 7) is 3.87. The summed E-state index contributed by atoms with van der Waals surface area (Å²) in [6.07, 6.45) is 4.76. The van der Waals surface area contributed by atoms with Gasteiger partial charge in [-0.3, -0.25) is 4.79 Å². The molecule has 4 rings (SSSR count). The zero-order valence-electron chi connectivity index (χ0n) is 21.1. The van der Waals surface area contributed by atoms with E-state index in [1.807, 2.05) is 0 Å². The average Bonchev–Trinajstić information content (AvgIpc) is 3.27. The molecule has 3 aromatic rings. The Morgan fingerprint density at radius 3 is 2.84 bits per heavy atom. The van der Waals surface area contributed by atoms with Crippen molar-refractivity contribution in [1.82, 2.24) is 15.1 Å². The van der Waals surface area contributed by atoms with Gasteiger partial charge in [0.15, 0.2) is 0 Å². The van der Waals surface area contributed by atoms with E-state index in [1.54, 1.807) is 57.4 Å². The number of anilines is 1. The molecule has 2 aromatic carbocycles. The lowest BCUT2D eigenvalue weighted by Gasteiger charge is -2.21. The molecule has 196 valence electrons. The summed E-state index contributed by atoms with van der Waals surface area (Å²) >= 11 is 0. The van der Waals surface area contributed by atoms with E-state index >= 15 is 0 Å². The van der Waals surface area contributed by atoms with Crippen molar-refractivity contribution in [2.75, 3.05) is 25.2 Å². The van der Waals surface area contributed by atoms with Gasteiger partial charge in [-0.15, -0.1) is 0 Å². The van der Waals surface area contributed by atoms with Crippen molar-refractivity contribution < 1.29 is 28.6 Å². The van der Waals surface area contributed by atoms with Gasteiger partial charge >= 0.3 is 6.03 Å². The summed E-state index contributed by atoms with van der Waals surface area (Å²) in [6, 6.07) is 9.90. The van der Waals surface area contributed by atoms with Crippen LogP contribution in [0.15, 0.2) is 54.9 Å². The third-order valence-corrected chi connectivity index (χ3v) is 5.97. The van der Waals surface area contributed by atoms with Crippen LogP contribution in [0.25, 0.3) is 0 Å². The van der Waals surface area contributed by atoms with Gasteiger partial charge < -0.3 is 24.8 Å². The summed E-state index contributed by atoms with van der Waals surface area (Å²) in [4.78, 5) is 27.4. The number of nitrogens with zero attached hydrogens (tertiary/aromatic N) is 3. The number of carbonyl (C=O) groups excluding carboxylic acids is 2. The first kappa shape index (κ1) is 26.2. The van der Waals surface area contributed by atoms with Crippen molar-refractivity contribution in [3.05, 3.63) is 71.8 Å². The Kier molecular flexibility index (Phi) is 7.77. The lowest BCUT2D eigenvalue weighted by Crippen LogP contribution is -2.50. The molecule has 1 aliphatic rings. The molecule has 37 heavy (non-hydrogen) atoms. The number of aromatic nitrogens is 2. The molecule has 10 heteroatoms. The van der Waals surface area contributed by atoms with Gasteiger partial charge in [0.05, 0.1) is 24.1 Å². The highest BCUT2D eigenvalue weighted by molar-refractivity contribution is 6.00. The molecular formula is C27H31FN4O5. The Balaban J connectivity index is 1.37. The van der Waals surface area contributed by atoms with Crippen LogP contribution in [0.3, 0.4) is 0 Å². The topological polar surface area (TPSA) is 106 Å². The molecule has 0 aliphatic carbocycles. The SMILES string of the molecule is CN1C(=O)[C@@H](NC(=O)n2cc(Cc3cccc(F)c3)cn2)COc2ccc(OCCCC(C)(C)O)cc21. The van der Waals surface area contributed by atoms with Crippen molar-refractivity contribution in [3.8, 4) is 11.5 Å². The molecule has 2 N–H and O–H groups in total. The molecule has 0 bridgehead atoms. The maximum atomic E-state index is 13.4. The Hall–Kier alpha value is -3.92. The molecule has 0 saturated heterocycles. The van der Waals surface area contributed by atoms with Gasteiger partial charge in [-0.2, -0.15) is 9.78 Å². The quantitative estimate of drug-likeness (QED) is 0.449. The molecule has 0 fully saturated rings. The minimum Gasteiger partial charge on any atom is -0.494 e. The first-order valence-corrected chi connectivity index (χ1v) is 12.1. The van der Waals surface area contributed by atoms with Gasteiger partial charge in [0.1, 0.15) is 30.0 Å². The normalized spacial score (nSPS) is 15.5. The maximum Gasteiger partial charge on any atom is 0.342 e. The number of carbonyl (C=O) groups is 2. The second-order valence-corrected chi connectivity index (χ2v) is 9.70. The van der Waals surface area contributed by atoms with E-state index in [2.05, 4.69) is 10.4 Å². The van der Waals surface area contributed by atoms with Crippen molar-refractivity contribution in [3.63, 3.8) is 0 Å². The van der Waals surface area contributed by atoms with Crippen molar-refractivity contribution in [2.45, 2.75) is 44.8 Å². The van der Waals surface area contributed by atoms with E-state index in [1.165, 1.54) is 23.2 Å². The minimum absolute atomic E-state index is 0.0505. The molecule has 2 heterocycles. The highest BCUT2D eigenvalue weighted by Gasteiger charge is 2.31. The fraction of sp³-hybridized carbons (Fsp3) is 0.370. The van der Waals surface area contributed by atoms with Crippen molar-refractivity contribution >= 4 is 17.6 Å². The van der Waals surface area contributed by atoms with Crippen LogP contribution in [0.5, 0.6) is 11.5 Å². The third-order valence-electron chi connectivity index (χ3n) is 5.97. The fourth-order valence-electron chi connectivity index (χ4n) is 4.03.